The van der Waals surface area contributed by atoms with Crippen LogP contribution in [0, 0.1) is 0 Å². The Hall–Kier alpha value is -3.84. The number of aromatic nitrogens is 1. The number of nitrogens with one attached hydrogen (secondary N) is 2. The molecule has 0 radical (unpaired) electrons. The number of nitrogens with zero attached hydrogens (tertiary/aromatic N) is 1. The van der Waals surface area contributed by atoms with Crippen LogP contribution in [0.4, 0.5) is 0 Å². The molecule has 0 saturated heterocycles. The van der Waals surface area contributed by atoms with Crippen molar-refractivity contribution in [1.82, 2.24) is 15.2 Å². The van der Waals surface area contributed by atoms with Crippen LogP contribution in [0.2, 0.25) is 0 Å². The summed E-state index contributed by atoms with van der Waals surface area (Å²) in [6, 6.07) is 24.2. The third-order valence-corrected chi connectivity index (χ3v) is 6.87. The fraction of sp³-hybridized carbons (Fsp3) is 0.241. The van der Waals surface area contributed by atoms with Crippen LogP contribution in [0.5, 0.6) is 11.5 Å². The van der Waals surface area contributed by atoms with Gasteiger partial charge in [-0.25, -0.2) is 0 Å². The van der Waals surface area contributed by atoms with E-state index < -0.39 is 0 Å². The first kappa shape index (κ1) is 23.9. The van der Waals surface area contributed by atoms with Crippen molar-refractivity contribution in [2.75, 3.05) is 6.79 Å². The topological polar surface area (TPSA) is 66.6 Å². The Morgan fingerprint density at radius 1 is 1.00 bits per heavy atom. The number of H-pyrrole nitrogens is 1. The molecule has 1 atom stereocenters. The summed E-state index contributed by atoms with van der Waals surface area (Å²) in [4.78, 5) is 18.1. The molecule has 0 bridgehead atoms. The molecular weight excluding hydrogens is 470 g/mol. The number of aryl methyl sites for hydroxylation is 1. The van der Waals surface area contributed by atoms with E-state index in [4.69, 9.17) is 21.7 Å². The molecule has 36 heavy (non-hydrogen) atoms. The number of hydrogen-bond acceptors (Lipinski definition) is 4. The van der Waals surface area contributed by atoms with Crippen molar-refractivity contribution in [2.24, 2.45) is 0 Å². The van der Waals surface area contributed by atoms with Crippen LogP contribution in [-0.4, -0.2) is 21.8 Å². The summed E-state index contributed by atoms with van der Waals surface area (Å²) in [5.74, 6) is 1.46. The normalized spacial score (nSPS) is 12.9. The van der Waals surface area contributed by atoms with Gasteiger partial charge in [-0.3, -0.25) is 4.79 Å². The Balaban J connectivity index is 1.44. The van der Waals surface area contributed by atoms with Gasteiger partial charge in [-0.1, -0.05) is 49.4 Å². The fourth-order valence-electron chi connectivity index (χ4n) is 4.41. The lowest BCUT2D eigenvalue weighted by molar-refractivity contribution is 0.174. The van der Waals surface area contributed by atoms with Gasteiger partial charge < -0.3 is 24.7 Å². The molecule has 5 rings (SSSR count). The summed E-state index contributed by atoms with van der Waals surface area (Å²) in [6.45, 7) is 5.30. The first-order valence-corrected chi connectivity index (χ1v) is 12.5. The van der Waals surface area contributed by atoms with E-state index >= 15 is 0 Å². The van der Waals surface area contributed by atoms with Crippen LogP contribution < -0.4 is 20.3 Å². The molecule has 0 fully saturated rings. The second-order valence-electron chi connectivity index (χ2n) is 9.02. The molecular formula is C29H29N3O3S. The number of hydrogen-bond donors (Lipinski definition) is 2. The Morgan fingerprint density at radius 3 is 2.58 bits per heavy atom. The van der Waals surface area contributed by atoms with E-state index in [1.807, 2.05) is 59.5 Å². The van der Waals surface area contributed by atoms with Crippen molar-refractivity contribution in [3.63, 3.8) is 0 Å². The van der Waals surface area contributed by atoms with Gasteiger partial charge in [-0.05, 0) is 78.0 Å². The molecule has 7 heteroatoms. The third kappa shape index (κ3) is 5.21. The maximum absolute atomic E-state index is 13.0. The van der Waals surface area contributed by atoms with Gasteiger partial charge in [0.25, 0.3) is 5.56 Å². The standard InChI is InChI=1S/C29H29N3O3S/c1-3-20-9-11-25-23(13-20)15-24(28(33)31-25)17-32(16-21-10-12-26-27(14-21)35-18-34-26)29(36)30-19(2)22-7-5-4-6-8-22/h4-15,19H,3,16-18H2,1-2H3,(H,30,36)(H,31,33)/t19-/m1/s1. The molecule has 2 N–H and O–H groups in total. The van der Waals surface area contributed by atoms with Crippen molar-refractivity contribution in [3.05, 3.63) is 105 Å². The van der Waals surface area contributed by atoms with Crippen molar-refractivity contribution in [2.45, 2.75) is 39.4 Å². The van der Waals surface area contributed by atoms with Crippen LogP contribution in [-0.2, 0) is 19.5 Å². The molecule has 0 amide bonds. The highest BCUT2D eigenvalue weighted by Gasteiger charge is 2.19. The summed E-state index contributed by atoms with van der Waals surface area (Å²) in [5.41, 5.74) is 4.77. The monoisotopic (exact) mass is 499 g/mol. The van der Waals surface area contributed by atoms with E-state index in [1.54, 1.807) is 0 Å². The number of pyridine rings is 1. The van der Waals surface area contributed by atoms with Gasteiger partial charge >= 0.3 is 0 Å². The van der Waals surface area contributed by atoms with Gasteiger partial charge in [-0.2, -0.15) is 0 Å². The highest BCUT2D eigenvalue weighted by molar-refractivity contribution is 7.80. The van der Waals surface area contributed by atoms with Crippen molar-refractivity contribution in [1.29, 1.82) is 0 Å². The summed E-state index contributed by atoms with van der Waals surface area (Å²) in [6.07, 6.45) is 0.937. The molecule has 2 heterocycles. The maximum Gasteiger partial charge on any atom is 0.253 e. The summed E-state index contributed by atoms with van der Waals surface area (Å²) < 4.78 is 11.0. The molecule has 4 aromatic rings. The van der Waals surface area contributed by atoms with E-state index in [0.717, 1.165) is 39.9 Å². The van der Waals surface area contributed by atoms with E-state index in [1.165, 1.54) is 5.56 Å². The van der Waals surface area contributed by atoms with E-state index in [2.05, 4.69) is 42.3 Å². The first-order valence-electron chi connectivity index (χ1n) is 12.1. The molecule has 3 aromatic carbocycles. The predicted octanol–water partition coefficient (Wildman–Crippen LogP) is 5.46. The number of aromatic amines is 1. The quantitative estimate of drug-likeness (QED) is 0.329. The Bertz CT molecular complexity index is 1450. The number of benzene rings is 3. The van der Waals surface area contributed by atoms with Crippen molar-refractivity contribution in [3.8, 4) is 11.5 Å². The van der Waals surface area contributed by atoms with Gasteiger partial charge in [0, 0.05) is 17.6 Å². The second kappa shape index (κ2) is 10.4. The smallest absolute Gasteiger partial charge is 0.253 e. The van der Waals surface area contributed by atoms with Crippen molar-refractivity contribution < 1.29 is 9.47 Å². The van der Waals surface area contributed by atoms with Gasteiger partial charge in [0.1, 0.15) is 0 Å². The van der Waals surface area contributed by atoms with Crippen molar-refractivity contribution >= 4 is 28.2 Å². The number of thiocarbonyl (C=S) groups is 1. The van der Waals surface area contributed by atoms with E-state index in [9.17, 15) is 4.79 Å². The zero-order valence-corrected chi connectivity index (χ0v) is 21.2. The Kier molecular flexibility index (Phi) is 6.91. The maximum atomic E-state index is 13.0. The van der Waals surface area contributed by atoms with Crippen LogP contribution >= 0.6 is 12.2 Å². The lowest BCUT2D eigenvalue weighted by Gasteiger charge is -2.28. The minimum atomic E-state index is -0.110. The van der Waals surface area contributed by atoms with Gasteiger partial charge in [0.05, 0.1) is 12.6 Å². The minimum Gasteiger partial charge on any atom is -0.454 e. The number of fused-ring (bicyclic) bond motifs is 2. The molecule has 1 aliphatic heterocycles. The summed E-state index contributed by atoms with van der Waals surface area (Å²) >= 11 is 5.87. The lowest BCUT2D eigenvalue weighted by atomic mass is 10.1. The molecule has 0 unspecified atom stereocenters. The molecule has 6 nitrogen and oxygen atoms in total. The molecule has 1 aliphatic rings. The number of rotatable bonds is 7. The predicted molar refractivity (Wildman–Crippen MR) is 146 cm³/mol. The number of ether oxygens (including phenoxy) is 2. The van der Waals surface area contributed by atoms with Gasteiger partial charge in [-0.15, -0.1) is 0 Å². The average molecular weight is 500 g/mol. The molecule has 0 saturated carbocycles. The lowest BCUT2D eigenvalue weighted by Crippen LogP contribution is -2.41. The van der Waals surface area contributed by atoms with Gasteiger partial charge in [0.2, 0.25) is 6.79 Å². The first-order chi connectivity index (χ1) is 17.5. The van der Waals surface area contributed by atoms with E-state index in [0.29, 0.717) is 23.8 Å². The molecule has 184 valence electrons. The van der Waals surface area contributed by atoms with E-state index in [-0.39, 0.29) is 18.4 Å². The fourth-order valence-corrected chi connectivity index (χ4v) is 4.71. The average Bonchev–Trinajstić information content (AvgIpc) is 3.37. The molecule has 0 aliphatic carbocycles. The third-order valence-electron chi connectivity index (χ3n) is 6.49. The molecule has 1 aromatic heterocycles. The summed E-state index contributed by atoms with van der Waals surface area (Å²) in [5, 5.41) is 5.05. The van der Waals surface area contributed by atoms with Crippen LogP contribution in [0.25, 0.3) is 10.9 Å². The van der Waals surface area contributed by atoms with Gasteiger partial charge in [0.15, 0.2) is 16.6 Å². The Labute approximate surface area is 215 Å². The molecule has 0 spiro atoms. The SMILES string of the molecule is CCc1ccc2[nH]c(=O)c(CN(Cc3ccc4c(c3)OCO4)C(=S)N[C@H](C)c3ccccc3)cc2c1. The zero-order valence-electron chi connectivity index (χ0n) is 20.4. The Morgan fingerprint density at radius 2 is 1.78 bits per heavy atom. The highest BCUT2D eigenvalue weighted by Crippen LogP contribution is 2.33. The zero-order chi connectivity index (χ0) is 25.1. The van der Waals surface area contributed by atoms with Crippen LogP contribution in [0.15, 0.2) is 77.6 Å². The summed E-state index contributed by atoms with van der Waals surface area (Å²) in [7, 11) is 0. The highest BCUT2D eigenvalue weighted by atomic mass is 32.1. The van der Waals surface area contributed by atoms with Crippen LogP contribution in [0.1, 0.15) is 42.1 Å². The largest absolute Gasteiger partial charge is 0.454 e. The second-order valence-corrected chi connectivity index (χ2v) is 9.41. The van der Waals surface area contributed by atoms with Crippen LogP contribution in [0.3, 0.4) is 0 Å². The minimum absolute atomic E-state index is 0.0138.